The van der Waals surface area contributed by atoms with Gasteiger partial charge in [-0.05, 0) is 51.4 Å². The van der Waals surface area contributed by atoms with Crippen molar-refractivity contribution in [2.24, 2.45) is 0 Å². The summed E-state index contributed by atoms with van der Waals surface area (Å²) in [6.45, 7) is 5.51. The van der Waals surface area contributed by atoms with Gasteiger partial charge < -0.3 is 14.0 Å². The van der Waals surface area contributed by atoms with Crippen LogP contribution in [0.15, 0.2) is 36.7 Å². The molecular weight excluding hydrogens is 384 g/mol. The minimum Gasteiger partial charge on any atom is -0.385 e. The molecule has 1 rings (SSSR count). The molecule has 1 heterocycles. The molecule has 0 aliphatic heterocycles. The Morgan fingerprint density at radius 1 is 0.806 bits per heavy atom. The lowest BCUT2D eigenvalue weighted by atomic mass is 10.1. The molecule has 0 atom stereocenters. The minimum atomic E-state index is 0.613. The summed E-state index contributed by atoms with van der Waals surface area (Å²) in [4.78, 5) is 4.44. The van der Waals surface area contributed by atoms with Gasteiger partial charge in [0.2, 0.25) is 0 Å². The summed E-state index contributed by atoms with van der Waals surface area (Å²) in [5.41, 5.74) is 0. The molecule has 1 aromatic heterocycles. The Bertz CT molecular complexity index is 551. The summed E-state index contributed by atoms with van der Waals surface area (Å²) < 4.78 is 13.1. The van der Waals surface area contributed by atoms with Crippen LogP contribution < -0.4 is 0 Å². The Hall–Kier alpha value is -1.39. The molecule has 1 aromatic rings. The molecule has 0 bridgehead atoms. The molecule has 0 aliphatic carbocycles. The summed E-state index contributed by atoms with van der Waals surface area (Å²) >= 11 is 0. The molecule has 0 saturated carbocycles. The zero-order chi connectivity index (χ0) is 22.2. The standard InChI is InChI=1S/C27H48N2O2/c1-3-4-5-6-7-8-9-10-11-12-13-14-15-16-17-18-22-29-23-21-28-27(29)26-31-25-20-19-24-30-2/h7-8,10-11,21,23H,3-6,9,12-20,22,24-26H2,1-2H3/b8-7-,11-10-. The van der Waals surface area contributed by atoms with Crippen molar-refractivity contribution in [2.75, 3.05) is 20.3 Å². The highest BCUT2D eigenvalue weighted by atomic mass is 16.5. The molecule has 0 aromatic carbocycles. The molecular formula is C27H48N2O2. The third-order valence-corrected chi connectivity index (χ3v) is 5.52. The first-order chi connectivity index (χ1) is 15.4. The van der Waals surface area contributed by atoms with Gasteiger partial charge in [-0.25, -0.2) is 4.98 Å². The number of unbranched alkanes of at least 4 members (excludes halogenated alkanes) is 10. The highest BCUT2D eigenvalue weighted by Crippen LogP contribution is 2.10. The quantitative estimate of drug-likeness (QED) is 0.139. The highest BCUT2D eigenvalue weighted by molar-refractivity contribution is 4.92. The first-order valence-electron chi connectivity index (χ1n) is 12.7. The van der Waals surface area contributed by atoms with Crippen molar-refractivity contribution >= 4 is 0 Å². The second-order valence-electron chi connectivity index (χ2n) is 8.37. The van der Waals surface area contributed by atoms with E-state index < -0.39 is 0 Å². The Morgan fingerprint density at radius 2 is 1.48 bits per heavy atom. The summed E-state index contributed by atoms with van der Waals surface area (Å²) in [5.74, 6) is 1.05. The number of nitrogens with zero attached hydrogens (tertiary/aromatic N) is 2. The van der Waals surface area contributed by atoms with Crippen molar-refractivity contribution in [2.45, 2.75) is 110 Å². The normalized spacial score (nSPS) is 11.9. The van der Waals surface area contributed by atoms with Crippen LogP contribution in [0.1, 0.15) is 103 Å². The number of aryl methyl sites for hydroxylation is 1. The van der Waals surface area contributed by atoms with Gasteiger partial charge in [-0.15, -0.1) is 0 Å². The molecule has 31 heavy (non-hydrogen) atoms. The number of hydrogen-bond donors (Lipinski definition) is 0. The lowest BCUT2D eigenvalue weighted by Crippen LogP contribution is -2.06. The number of allylic oxidation sites excluding steroid dienone is 4. The zero-order valence-corrected chi connectivity index (χ0v) is 20.4. The summed E-state index contributed by atoms with van der Waals surface area (Å²) in [5, 5.41) is 0. The molecule has 0 aliphatic rings. The molecule has 0 unspecified atom stereocenters. The van der Waals surface area contributed by atoms with Gasteiger partial charge in [0, 0.05) is 39.3 Å². The van der Waals surface area contributed by atoms with E-state index in [-0.39, 0.29) is 0 Å². The van der Waals surface area contributed by atoms with Crippen molar-refractivity contribution < 1.29 is 9.47 Å². The maximum atomic E-state index is 5.75. The average Bonchev–Trinajstić information content (AvgIpc) is 3.23. The van der Waals surface area contributed by atoms with Gasteiger partial charge in [0.15, 0.2) is 0 Å². The average molecular weight is 433 g/mol. The van der Waals surface area contributed by atoms with E-state index in [0.717, 1.165) is 44.8 Å². The number of hydrogen-bond acceptors (Lipinski definition) is 3. The van der Waals surface area contributed by atoms with E-state index in [1.54, 1.807) is 7.11 Å². The molecule has 0 saturated heterocycles. The zero-order valence-electron chi connectivity index (χ0n) is 20.4. The second kappa shape index (κ2) is 21.8. The first kappa shape index (κ1) is 27.6. The number of aromatic nitrogens is 2. The van der Waals surface area contributed by atoms with Crippen LogP contribution in [0.2, 0.25) is 0 Å². The third kappa shape index (κ3) is 16.9. The molecule has 178 valence electrons. The lowest BCUT2D eigenvalue weighted by molar-refractivity contribution is 0.101. The molecule has 0 N–H and O–H groups in total. The van der Waals surface area contributed by atoms with Crippen molar-refractivity contribution in [1.82, 2.24) is 9.55 Å². The Morgan fingerprint density at radius 3 is 2.23 bits per heavy atom. The Labute approximate surface area is 192 Å². The molecule has 4 nitrogen and oxygen atoms in total. The van der Waals surface area contributed by atoms with Crippen molar-refractivity contribution in [3.05, 3.63) is 42.5 Å². The number of ether oxygens (including phenoxy) is 2. The maximum absolute atomic E-state index is 5.75. The second-order valence-corrected chi connectivity index (χ2v) is 8.37. The van der Waals surface area contributed by atoms with Crippen molar-refractivity contribution in [3.63, 3.8) is 0 Å². The van der Waals surface area contributed by atoms with Gasteiger partial charge in [-0.1, -0.05) is 69.8 Å². The van der Waals surface area contributed by atoms with Crippen LogP contribution in [0.25, 0.3) is 0 Å². The molecule has 4 heteroatoms. The van der Waals surface area contributed by atoms with E-state index in [9.17, 15) is 0 Å². The fraction of sp³-hybridized carbons (Fsp3) is 0.741. The largest absolute Gasteiger partial charge is 0.385 e. The summed E-state index contributed by atoms with van der Waals surface area (Å²) in [6, 6.07) is 0. The smallest absolute Gasteiger partial charge is 0.134 e. The monoisotopic (exact) mass is 432 g/mol. The highest BCUT2D eigenvalue weighted by Gasteiger charge is 2.03. The Kier molecular flexibility index (Phi) is 19.5. The van der Waals surface area contributed by atoms with Crippen molar-refractivity contribution in [3.8, 4) is 0 Å². The van der Waals surface area contributed by atoms with E-state index >= 15 is 0 Å². The topological polar surface area (TPSA) is 36.3 Å². The number of imidazole rings is 1. The van der Waals surface area contributed by atoms with Gasteiger partial charge >= 0.3 is 0 Å². The molecule has 0 spiro atoms. The van der Waals surface area contributed by atoms with Crippen LogP contribution in [-0.4, -0.2) is 29.9 Å². The van der Waals surface area contributed by atoms with E-state index in [1.807, 2.05) is 6.20 Å². The van der Waals surface area contributed by atoms with Crippen LogP contribution >= 0.6 is 0 Å². The molecule has 0 amide bonds. The van der Waals surface area contributed by atoms with Gasteiger partial charge in [-0.3, -0.25) is 0 Å². The number of methoxy groups -OCH3 is 1. The van der Waals surface area contributed by atoms with Crippen molar-refractivity contribution in [1.29, 1.82) is 0 Å². The van der Waals surface area contributed by atoms with Gasteiger partial charge in [-0.2, -0.15) is 0 Å². The van der Waals surface area contributed by atoms with Gasteiger partial charge in [0.05, 0.1) is 0 Å². The maximum Gasteiger partial charge on any atom is 0.134 e. The fourth-order valence-corrected chi connectivity index (χ4v) is 3.57. The summed E-state index contributed by atoms with van der Waals surface area (Å²) in [6.07, 6.45) is 30.9. The van der Waals surface area contributed by atoms with Crippen LogP contribution in [0, 0.1) is 0 Å². The van der Waals surface area contributed by atoms with E-state index in [2.05, 4.69) is 47.0 Å². The van der Waals surface area contributed by atoms with E-state index in [4.69, 9.17) is 9.47 Å². The van der Waals surface area contributed by atoms with E-state index in [0.29, 0.717) is 6.61 Å². The first-order valence-corrected chi connectivity index (χ1v) is 12.7. The number of rotatable bonds is 22. The fourth-order valence-electron chi connectivity index (χ4n) is 3.57. The predicted octanol–water partition coefficient (Wildman–Crippen LogP) is 7.64. The Balaban J connectivity index is 1.92. The SMILES string of the molecule is CCCCC/C=C\C/C=C\CCCCCCCCn1ccnc1COCCCCOC. The third-order valence-electron chi connectivity index (χ3n) is 5.52. The van der Waals surface area contributed by atoms with Crippen LogP contribution in [0.4, 0.5) is 0 Å². The van der Waals surface area contributed by atoms with E-state index in [1.165, 1.54) is 70.6 Å². The van der Waals surface area contributed by atoms with Gasteiger partial charge in [0.25, 0.3) is 0 Å². The molecule has 0 radical (unpaired) electrons. The van der Waals surface area contributed by atoms with Crippen LogP contribution in [-0.2, 0) is 22.6 Å². The van der Waals surface area contributed by atoms with Crippen LogP contribution in [0.5, 0.6) is 0 Å². The van der Waals surface area contributed by atoms with Gasteiger partial charge in [0.1, 0.15) is 12.4 Å². The molecule has 0 fully saturated rings. The minimum absolute atomic E-state index is 0.613. The lowest BCUT2D eigenvalue weighted by Gasteiger charge is -2.08. The van der Waals surface area contributed by atoms with Crippen LogP contribution in [0.3, 0.4) is 0 Å². The summed E-state index contributed by atoms with van der Waals surface area (Å²) in [7, 11) is 1.74. The predicted molar refractivity (Wildman–Crippen MR) is 132 cm³/mol.